The Balaban J connectivity index is 2.19. The molecule has 0 aromatic heterocycles. The largest absolute Gasteiger partial charge is 0.350 e. The van der Waals surface area contributed by atoms with Crippen molar-refractivity contribution in [3.63, 3.8) is 0 Å². The zero-order valence-electron chi connectivity index (χ0n) is 13.9. The molecular weight excluding hydrogens is 360 g/mol. The topological polar surface area (TPSA) is 182 Å². The molecule has 13 nitrogen and oxygen atoms in total. The maximum Gasteiger partial charge on any atom is 0.300 e. The predicted molar refractivity (Wildman–Crippen MR) is 92.9 cm³/mol. The van der Waals surface area contributed by atoms with E-state index < -0.39 is 27.1 Å². The van der Waals surface area contributed by atoms with Crippen molar-refractivity contribution in [3.8, 4) is 6.19 Å². The quantitative estimate of drug-likeness (QED) is 0.235. The molecule has 1 heterocycles. The summed E-state index contributed by atoms with van der Waals surface area (Å²) in [5, 5.41) is 38.7. The number of nitrogens with zero attached hydrogens (tertiary/aromatic N) is 6. The number of nitrogens with one attached hydrogen (secondary N) is 2. The molecule has 0 unspecified atom stereocenters. The van der Waals surface area contributed by atoms with Gasteiger partial charge in [0.25, 0.3) is 11.6 Å². The monoisotopic (exact) mass is 374 g/mol. The lowest BCUT2D eigenvalue weighted by molar-refractivity contribution is -0.393. The van der Waals surface area contributed by atoms with Crippen LogP contribution in [0.1, 0.15) is 12.8 Å². The van der Waals surface area contributed by atoms with Crippen LogP contribution in [0.2, 0.25) is 0 Å². The molecule has 0 aliphatic carbocycles. The van der Waals surface area contributed by atoms with Crippen LogP contribution in [0.5, 0.6) is 0 Å². The molecule has 1 aromatic rings. The van der Waals surface area contributed by atoms with Gasteiger partial charge in [0.1, 0.15) is 24.4 Å². The number of nitriles is 1. The van der Waals surface area contributed by atoms with Crippen LogP contribution >= 0.6 is 0 Å². The lowest BCUT2D eigenvalue weighted by atomic mass is 10.2. The number of nitro benzene ring substituents is 2. The average molecular weight is 374 g/mol. The number of non-ortho nitro benzene ring substituents is 1. The zero-order chi connectivity index (χ0) is 20.0. The summed E-state index contributed by atoms with van der Waals surface area (Å²) in [7, 11) is 0. The molecule has 0 spiro atoms. The van der Waals surface area contributed by atoms with Crippen LogP contribution in [0.15, 0.2) is 23.2 Å². The first-order valence-electron chi connectivity index (χ1n) is 7.60. The minimum absolute atomic E-state index is 0.185. The van der Waals surface area contributed by atoms with Gasteiger partial charge in [-0.1, -0.05) is 0 Å². The first kappa shape index (κ1) is 19.2. The molecule has 2 N–H and O–H groups in total. The molecule has 27 heavy (non-hydrogen) atoms. The predicted octanol–water partition coefficient (Wildman–Crippen LogP) is 1.24. The van der Waals surface area contributed by atoms with Gasteiger partial charge in [-0.25, -0.2) is 5.01 Å². The Morgan fingerprint density at radius 1 is 1.44 bits per heavy atom. The summed E-state index contributed by atoms with van der Waals surface area (Å²) in [5.74, 6) is -0.165. The number of aliphatic imine (C=N–C) groups is 1. The zero-order valence-corrected chi connectivity index (χ0v) is 13.9. The van der Waals surface area contributed by atoms with Gasteiger partial charge in [0.05, 0.1) is 15.9 Å². The lowest BCUT2D eigenvalue weighted by Crippen LogP contribution is -2.43. The second kappa shape index (κ2) is 8.34. The lowest BCUT2D eigenvalue weighted by Gasteiger charge is -2.23. The summed E-state index contributed by atoms with van der Waals surface area (Å²) in [6, 6.07) is 2.88. The fourth-order valence-corrected chi connectivity index (χ4v) is 2.48. The van der Waals surface area contributed by atoms with Crippen molar-refractivity contribution in [1.29, 1.82) is 10.7 Å². The number of benzene rings is 1. The van der Waals surface area contributed by atoms with E-state index in [0.29, 0.717) is 25.1 Å². The number of hydrogen-bond acceptors (Lipinski definition) is 9. The van der Waals surface area contributed by atoms with Gasteiger partial charge in [0.15, 0.2) is 0 Å². The van der Waals surface area contributed by atoms with Gasteiger partial charge in [-0.3, -0.25) is 35.9 Å². The van der Waals surface area contributed by atoms with E-state index in [1.165, 1.54) is 0 Å². The summed E-state index contributed by atoms with van der Waals surface area (Å²) in [6.07, 6.45) is 3.56. The van der Waals surface area contributed by atoms with Crippen LogP contribution in [-0.2, 0) is 4.79 Å². The number of rotatable bonds is 7. The minimum atomic E-state index is -0.833. The van der Waals surface area contributed by atoms with Crippen molar-refractivity contribution in [2.75, 3.05) is 18.5 Å². The number of hydrazine groups is 1. The maximum absolute atomic E-state index is 12.4. The van der Waals surface area contributed by atoms with E-state index >= 15 is 0 Å². The molecule has 1 amide bonds. The van der Waals surface area contributed by atoms with Crippen molar-refractivity contribution >= 4 is 35.1 Å². The van der Waals surface area contributed by atoms with Crippen LogP contribution in [0.4, 0.5) is 17.1 Å². The number of amides is 1. The SMILES string of the molecule is N#CN=C1CCCN1CC(=O)N(C=N)Nc1ccc([N+](=O)[O-])cc1[N+](=O)[O-]. The molecule has 0 bridgehead atoms. The van der Waals surface area contributed by atoms with Crippen LogP contribution in [-0.4, -0.2) is 50.9 Å². The molecule has 1 fully saturated rings. The smallest absolute Gasteiger partial charge is 0.300 e. The summed E-state index contributed by atoms with van der Waals surface area (Å²) < 4.78 is 0. The molecular formula is C14H14N8O5. The number of amidine groups is 1. The van der Waals surface area contributed by atoms with Gasteiger partial charge in [-0.15, -0.1) is 0 Å². The number of likely N-dealkylation sites (tertiary alicyclic amines) is 1. The van der Waals surface area contributed by atoms with Crippen LogP contribution in [0.25, 0.3) is 0 Å². The summed E-state index contributed by atoms with van der Waals surface area (Å²) >= 11 is 0. The van der Waals surface area contributed by atoms with Gasteiger partial charge < -0.3 is 4.90 Å². The number of hydrogen-bond donors (Lipinski definition) is 2. The number of nitro groups is 2. The number of carbonyl (C=O) groups excluding carboxylic acids is 1. The summed E-state index contributed by atoms with van der Waals surface area (Å²) in [6.45, 7) is 0.319. The Hall–Kier alpha value is -4.08. The highest BCUT2D eigenvalue weighted by molar-refractivity contribution is 5.94. The van der Waals surface area contributed by atoms with Gasteiger partial charge in [-0.2, -0.15) is 10.3 Å². The van der Waals surface area contributed by atoms with E-state index in [-0.39, 0.29) is 12.2 Å². The second-order valence-corrected chi connectivity index (χ2v) is 5.37. The van der Waals surface area contributed by atoms with E-state index in [2.05, 4.69) is 10.4 Å². The Kier molecular flexibility index (Phi) is 5.94. The van der Waals surface area contributed by atoms with Crippen molar-refractivity contribution in [1.82, 2.24) is 9.91 Å². The molecule has 1 aromatic carbocycles. The summed E-state index contributed by atoms with van der Waals surface area (Å²) in [5.41, 5.74) is 1.13. The molecule has 0 radical (unpaired) electrons. The highest BCUT2D eigenvalue weighted by atomic mass is 16.6. The maximum atomic E-state index is 12.4. The van der Waals surface area contributed by atoms with Gasteiger partial charge in [-0.05, 0) is 12.5 Å². The third-order valence-electron chi connectivity index (χ3n) is 3.73. The van der Waals surface area contributed by atoms with Crippen LogP contribution in [0, 0.1) is 37.1 Å². The molecule has 13 heteroatoms. The Morgan fingerprint density at radius 2 is 2.19 bits per heavy atom. The van der Waals surface area contributed by atoms with Crippen LogP contribution in [0.3, 0.4) is 0 Å². The Bertz CT molecular complexity index is 862. The Morgan fingerprint density at radius 3 is 2.78 bits per heavy atom. The molecule has 0 saturated carbocycles. The number of anilines is 1. The van der Waals surface area contributed by atoms with E-state index in [1.54, 1.807) is 11.1 Å². The summed E-state index contributed by atoms with van der Waals surface area (Å²) in [4.78, 5) is 37.9. The molecule has 1 aliphatic rings. The first-order chi connectivity index (χ1) is 12.9. The van der Waals surface area contributed by atoms with Gasteiger partial charge >= 0.3 is 5.69 Å². The molecule has 0 atom stereocenters. The van der Waals surface area contributed by atoms with Crippen molar-refractivity contribution in [2.45, 2.75) is 12.8 Å². The third kappa shape index (κ3) is 4.51. The highest BCUT2D eigenvalue weighted by Gasteiger charge is 2.26. The van der Waals surface area contributed by atoms with Gasteiger partial charge in [0, 0.05) is 19.0 Å². The second-order valence-electron chi connectivity index (χ2n) is 5.37. The fraction of sp³-hybridized carbons (Fsp3) is 0.286. The molecule has 1 saturated heterocycles. The Labute approximate surface area is 152 Å². The highest BCUT2D eigenvalue weighted by Crippen LogP contribution is 2.29. The van der Waals surface area contributed by atoms with E-state index in [4.69, 9.17) is 10.7 Å². The normalized spacial score (nSPS) is 14.5. The number of carbonyl (C=O) groups is 1. The average Bonchev–Trinajstić information content (AvgIpc) is 3.06. The van der Waals surface area contributed by atoms with Gasteiger partial charge in [0.2, 0.25) is 6.19 Å². The third-order valence-corrected chi connectivity index (χ3v) is 3.73. The molecule has 2 rings (SSSR count). The standard InChI is InChI=1S/C14H14N8O5/c15-8-17-13-2-1-5-19(13)7-14(23)20(9-16)18-11-4-3-10(21(24)25)6-12(11)22(26)27/h3-4,6,9,16,18H,1-2,5,7H2. The van der Waals surface area contributed by atoms with E-state index in [0.717, 1.165) is 29.6 Å². The first-order valence-corrected chi connectivity index (χ1v) is 7.60. The van der Waals surface area contributed by atoms with Crippen molar-refractivity contribution < 1.29 is 14.6 Å². The minimum Gasteiger partial charge on any atom is -0.350 e. The van der Waals surface area contributed by atoms with E-state index in [9.17, 15) is 25.0 Å². The van der Waals surface area contributed by atoms with Crippen LogP contribution < -0.4 is 5.43 Å². The molecule has 1 aliphatic heterocycles. The fourth-order valence-electron chi connectivity index (χ4n) is 2.48. The molecule has 140 valence electrons. The van der Waals surface area contributed by atoms with Crippen molar-refractivity contribution in [3.05, 3.63) is 38.4 Å². The van der Waals surface area contributed by atoms with Crippen molar-refractivity contribution in [2.24, 2.45) is 4.99 Å². The van der Waals surface area contributed by atoms with E-state index in [1.807, 2.05) is 0 Å².